The van der Waals surface area contributed by atoms with E-state index in [2.05, 4.69) is 139 Å². The minimum absolute atomic E-state index is 0.253. The number of benzene rings is 3. The third kappa shape index (κ3) is 4.88. The van der Waals surface area contributed by atoms with Crippen LogP contribution in [0.4, 0.5) is 0 Å². The number of terminal acetylenes is 1. The van der Waals surface area contributed by atoms with Gasteiger partial charge in [-0.15, -0.1) is 13.0 Å². The lowest BCUT2D eigenvalue weighted by Gasteiger charge is -2.30. The van der Waals surface area contributed by atoms with Crippen molar-refractivity contribution in [3.63, 3.8) is 0 Å². The van der Waals surface area contributed by atoms with Crippen molar-refractivity contribution in [3.8, 4) is 34.9 Å². The summed E-state index contributed by atoms with van der Waals surface area (Å²) in [6.07, 6.45) is 17.8. The summed E-state index contributed by atoms with van der Waals surface area (Å²) >= 11 is 0. The third-order valence-electron chi connectivity index (χ3n) is 7.80. The van der Waals surface area contributed by atoms with Crippen molar-refractivity contribution in [2.75, 3.05) is 0 Å². The van der Waals surface area contributed by atoms with Crippen LogP contribution in [0.2, 0.25) is 0 Å². The summed E-state index contributed by atoms with van der Waals surface area (Å²) in [4.78, 5) is 5.09. The largest absolute Gasteiger partial charge is 0.312 e. The van der Waals surface area contributed by atoms with Gasteiger partial charge in [0.2, 0.25) is 0 Å². The summed E-state index contributed by atoms with van der Waals surface area (Å²) in [6, 6.07) is 33.5. The Kier molecular flexibility index (Phi) is 6.88. The normalized spacial score (nSPS) is 16.8. The van der Waals surface area contributed by atoms with E-state index in [0.717, 1.165) is 62.2 Å². The van der Waals surface area contributed by atoms with E-state index in [-0.39, 0.29) is 5.41 Å². The van der Waals surface area contributed by atoms with E-state index in [1.807, 2.05) is 19.1 Å². The highest BCUT2D eigenvalue weighted by Gasteiger charge is 2.28. The van der Waals surface area contributed by atoms with Crippen LogP contribution in [0.25, 0.3) is 50.8 Å². The van der Waals surface area contributed by atoms with Gasteiger partial charge in [0, 0.05) is 34.0 Å². The molecule has 0 unspecified atom stereocenters. The standard InChI is InChI=1S/C39H32N2/c1-5-16-37-33(6-2)34-21-14-15-22-38(34)41(37)32-23-31(26-39(4,7-3)27-32)30-24-35(28-17-10-8-11-18-28)40-36(25-30)29-19-12-9-13-20-29/h2,5,7-26H,3,27H2,1,4H3/b16-5-/t39-/m0/s1. The van der Waals surface area contributed by atoms with E-state index in [1.165, 1.54) is 5.70 Å². The lowest BCUT2D eigenvalue weighted by Crippen LogP contribution is -2.17. The number of fused-ring (bicyclic) bond motifs is 1. The van der Waals surface area contributed by atoms with Crippen molar-refractivity contribution in [1.82, 2.24) is 9.55 Å². The lowest BCUT2D eigenvalue weighted by atomic mass is 9.78. The second-order valence-electron chi connectivity index (χ2n) is 10.7. The average Bonchev–Trinajstić information content (AvgIpc) is 3.34. The van der Waals surface area contributed by atoms with Gasteiger partial charge in [0.15, 0.2) is 0 Å². The molecule has 1 aliphatic carbocycles. The zero-order valence-corrected chi connectivity index (χ0v) is 23.5. The highest BCUT2D eigenvalue weighted by atomic mass is 15.0. The van der Waals surface area contributed by atoms with E-state index >= 15 is 0 Å². The smallest absolute Gasteiger partial charge is 0.0715 e. The Morgan fingerprint density at radius 3 is 2.07 bits per heavy atom. The van der Waals surface area contributed by atoms with Gasteiger partial charge in [-0.05, 0) is 48.4 Å². The molecule has 0 saturated carbocycles. The number of hydrogen-bond acceptors (Lipinski definition) is 1. The Morgan fingerprint density at radius 1 is 0.878 bits per heavy atom. The maximum Gasteiger partial charge on any atom is 0.0715 e. The first kappa shape index (κ1) is 26.1. The average molecular weight is 529 g/mol. The fraction of sp³-hybridized carbons (Fsp3) is 0.103. The van der Waals surface area contributed by atoms with Gasteiger partial charge in [0.05, 0.1) is 28.2 Å². The molecule has 5 aromatic rings. The van der Waals surface area contributed by atoms with Crippen LogP contribution < -0.4 is 0 Å². The molecule has 0 bridgehead atoms. The van der Waals surface area contributed by atoms with Gasteiger partial charge in [-0.2, -0.15) is 0 Å². The molecule has 0 spiro atoms. The third-order valence-corrected chi connectivity index (χ3v) is 7.80. The van der Waals surface area contributed by atoms with Gasteiger partial charge < -0.3 is 4.57 Å². The Balaban J connectivity index is 1.60. The fourth-order valence-electron chi connectivity index (χ4n) is 5.76. The van der Waals surface area contributed by atoms with E-state index in [4.69, 9.17) is 11.4 Å². The number of para-hydroxylation sites is 1. The molecule has 6 rings (SSSR count). The summed E-state index contributed by atoms with van der Waals surface area (Å²) in [5, 5.41) is 1.09. The molecule has 0 amide bonds. The quantitative estimate of drug-likeness (QED) is 0.158. The summed E-state index contributed by atoms with van der Waals surface area (Å²) in [6.45, 7) is 8.52. The highest BCUT2D eigenvalue weighted by Crippen LogP contribution is 2.43. The predicted molar refractivity (Wildman–Crippen MR) is 175 cm³/mol. The van der Waals surface area contributed by atoms with Crippen LogP contribution >= 0.6 is 0 Å². The molecule has 0 radical (unpaired) electrons. The molecular weight excluding hydrogens is 496 g/mol. The summed E-state index contributed by atoms with van der Waals surface area (Å²) in [5.41, 5.74) is 10.3. The van der Waals surface area contributed by atoms with Crippen LogP contribution in [0, 0.1) is 17.8 Å². The Morgan fingerprint density at radius 2 is 1.49 bits per heavy atom. The molecule has 0 N–H and O–H groups in total. The molecule has 0 saturated heterocycles. The molecule has 198 valence electrons. The Labute approximate surface area is 242 Å². The number of rotatable bonds is 6. The van der Waals surface area contributed by atoms with Crippen molar-refractivity contribution >= 4 is 28.2 Å². The van der Waals surface area contributed by atoms with Gasteiger partial charge in [-0.3, -0.25) is 0 Å². The van der Waals surface area contributed by atoms with Crippen molar-refractivity contribution in [2.24, 2.45) is 5.41 Å². The maximum absolute atomic E-state index is 6.08. The molecular formula is C39H32N2. The number of allylic oxidation sites excluding steroid dienone is 6. The summed E-state index contributed by atoms with van der Waals surface area (Å²) in [7, 11) is 0. The van der Waals surface area contributed by atoms with Crippen LogP contribution in [-0.4, -0.2) is 9.55 Å². The van der Waals surface area contributed by atoms with Crippen LogP contribution in [0.15, 0.2) is 128 Å². The first-order chi connectivity index (χ1) is 20.0. The zero-order valence-electron chi connectivity index (χ0n) is 23.5. The van der Waals surface area contributed by atoms with Crippen molar-refractivity contribution in [3.05, 3.63) is 145 Å². The monoisotopic (exact) mass is 528 g/mol. The van der Waals surface area contributed by atoms with E-state index in [1.54, 1.807) is 0 Å². The first-order valence-corrected chi connectivity index (χ1v) is 14.0. The molecule has 1 aliphatic rings. The van der Waals surface area contributed by atoms with Crippen molar-refractivity contribution in [1.29, 1.82) is 0 Å². The number of nitrogens with zero attached hydrogens (tertiary/aromatic N) is 2. The molecule has 41 heavy (non-hydrogen) atoms. The molecule has 0 aliphatic heterocycles. The molecule has 2 nitrogen and oxygen atoms in total. The molecule has 3 aromatic carbocycles. The van der Waals surface area contributed by atoms with Crippen LogP contribution in [0.1, 0.15) is 37.1 Å². The Bertz CT molecular complexity index is 1830. The zero-order chi connectivity index (χ0) is 28.4. The SMILES string of the molecule is C#Cc1c(/C=C\C)n(C2=CC(c3cc(-c4ccccc4)nc(-c4ccccc4)c3)=C[C@](C)(C=C)C2)c2ccccc12. The minimum Gasteiger partial charge on any atom is -0.312 e. The second kappa shape index (κ2) is 10.8. The minimum atomic E-state index is -0.253. The first-order valence-electron chi connectivity index (χ1n) is 14.0. The fourth-order valence-corrected chi connectivity index (χ4v) is 5.76. The molecule has 0 fully saturated rings. The topological polar surface area (TPSA) is 17.8 Å². The lowest BCUT2D eigenvalue weighted by molar-refractivity contribution is 0.559. The van der Waals surface area contributed by atoms with Crippen LogP contribution in [0.3, 0.4) is 0 Å². The van der Waals surface area contributed by atoms with Gasteiger partial charge in [0.25, 0.3) is 0 Å². The predicted octanol–water partition coefficient (Wildman–Crippen LogP) is 9.91. The molecule has 2 heteroatoms. The van der Waals surface area contributed by atoms with Gasteiger partial charge in [-0.1, -0.05) is 110 Å². The second-order valence-corrected chi connectivity index (χ2v) is 10.7. The van der Waals surface area contributed by atoms with E-state index in [0.29, 0.717) is 0 Å². The van der Waals surface area contributed by atoms with Crippen LogP contribution in [-0.2, 0) is 0 Å². The van der Waals surface area contributed by atoms with Gasteiger partial charge >= 0.3 is 0 Å². The van der Waals surface area contributed by atoms with Crippen molar-refractivity contribution < 1.29 is 0 Å². The molecule has 2 heterocycles. The van der Waals surface area contributed by atoms with Gasteiger partial charge in [-0.25, -0.2) is 4.98 Å². The molecule has 1 atom stereocenters. The van der Waals surface area contributed by atoms with E-state index < -0.39 is 0 Å². The van der Waals surface area contributed by atoms with Crippen molar-refractivity contribution in [2.45, 2.75) is 20.3 Å². The number of aromatic nitrogens is 2. The highest BCUT2D eigenvalue weighted by molar-refractivity contribution is 5.96. The van der Waals surface area contributed by atoms with Gasteiger partial charge in [0.1, 0.15) is 0 Å². The molecule has 2 aromatic heterocycles. The number of hydrogen-bond donors (Lipinski definition) is 0. The van der Waals surface area contributed by atoms with Crippen LogP contribution in [0.5, 0.6) is 0 Å². The number of pyridine rings is 1. The maximum atomic E-state index is 6.08. The Hall–Kier alpha value is -5.13. The summed E-state index contributed by atoms with van der Waals surface area (Å²) < 4.78 is 2.33. The van der Waals surface area contributed by atoms with E-state index in [9.17, 15) is 0 Å². The summed E-state index contributed by atoms with van der Waals surface area (Å²) in [5.74, 6) is 2.97.